The van der Waals surface area contributed by atoms with Crippen LogP contribution in [-0.4, -0.2) is 0 Å². The molecule has 1 atom stereocenters. The molecule has 1 unspecified atom stereocenters. The molecule has 0 heterocycles. The molecule has 0 bridgehead atoms. The number of rotatable bonds is 2. The number of nitrogen functional groups attached to an aromatic ring is 1. The van der Waals surface area contributed by atoms with E-state index in [1.807, 2.05) is 0 Å². The van der Waals surface area contributed by atoms with Gasteiger partial charge >= 0.3 is 0 Å². The normalized spacial score (nSPS) is 12.5. The molecule has 70 valence electrons. The van der Waals surface area contributed by atoms with Crippen LogP contribution < -0.4 is 11.5 Å². The molecule has 13 heavy (non-hydrogen) atoms. The zero-order valence-electron chi connectivity index (χ0n) is 6.93. The Labute approximate surface area is 81.0 Å². The second-order valence-electron chi connectivity index (χ2n) is 2.66. The molecule has 4 N–H and O–H groups in total. The molecule has 0 aliphatic rings. The zero-order chi connectivity index (χ0) is 10.0. The molecule has 0 aliphatic carbocycles. The van der Waals surface area contributed by atoms with Crippen LogP contribution in [-0.2, 0) is 0 Å². The van der Waals surface area contributed by atoms with Crippen LogP contribution >= 0.6 is 11.6 Å². The lowest BCUT2D eigenvalue weighted by molar-refractivity contribution is 0.603. The van der Waals surface area contributed by atoms with Crippen LogP contribution in [0.25, 0.3) is 0 Å². The number of hydrogen-bond acceptors (Lipinski definition) is 2. The topological polar surface area (TPSA) is 52.0 Å². The summed E-state index contributed by atoms with van der Waals surface area (Å²) in [6.07, 6.45) is 1.44. The fourth-order valence-electron chi connectivity index (χ4n) is 0.960. The number of benzene rings is 1. The van der Waals surface area contributed by atoms with Gasteiger partial charge in [-0.05, 0) is 12.1 Å². The summed E-state index contributed by atoms with van der Waals surface area (Å²) in [5.74, 6) is -0.464. The first kappa shape index (κ1) is 10.0. The number of halogens is 2. The van der Waals surface area contributed by atoms with Crippen molar-refractivity contribution in [1.82, 2.24) is 0 Å². The van der Waals surface area contributed by atoms with Gasteiger partial charge in [0, 0.05) is 5.56 Å². The summed E-state index contributed by atoms with van der Waals surface area (Å²) in [6, 6.07) is 2.01. The highest BCUT2D eigenvalue weighted by atomic mass is 35.5. The fraction of sp³-hybridized carbons (Fsp3) is 0.111. The van der Waals surface area contributed by atoms with Crippen LogP contribution in [0.2, 0.25) is 5.02 Å². The SMILES string of the molecule is C=CC(N)c1cc(Cl)c(N)cc1F. The van der Waals surface area contributed by atoms with Gasteiger partial charge < -0.3 is 11.5 Å². The lowest BCUT2D eigenvalue weighted by Crippen LogP contribution is -2.09. The Morgan fingerprint density at radius 2 is 2.15 bits per heavy atom. The Kier molecular flexibility index (Phi) is 2.90. The predicted molar refractivity (Wildman–Crippen MR) is 52.9 cm³/mol. The van der Waals surface area contributed by atoms with E-state index in [-0.39, 0.29) is 5.69 Å². The molecular weight excluding hydrogens is 191 g/mol. The fourth-order valence-corrected chi connectivity index (χ4v) is 1.13. The Morgan fingerprint density at radius 3 is 2.69 bits per heavy atom. The molecule has 1 aromatic carbocycles. The summed E-state index contributed by atoms with van der Waals surface area (Å²) < 4.78 is 13.2. The van der Waals surface area contributed by atoms with Crippen LogP contribution in [0.5, 0.6) is 0 Å². The maximum absolute atomic E-state index is 13.2. The van der Waals surface area contributed by atoms with Crippen molar-refractivity contribution >= 4 is 17.3 Å². The van der Waals surface area contributed by atoms with Crippen molar-refractivity contribution in [3.05, 3.63) is 41.2 Å². The van der Waals surface area contributed by atoms with Gasteiger partial charge in [0.1, 0.15) is 5.82 Å². The van der Waals surface area contributed by atoms with Crippen molar-refractivity contribution in [1.29, 1.82) is 0 Å². The van der Waals surface area contributed by atoms with E-state index in [1.165, 1.54) is 12.1 Å². The number of hydrogen-bond donors (Lipinski definition) is 2. The molecule has 0 saturated heterocycles. The lowest BCUT2D eigenvalue weighted by Gasteiger charge is -2.09. The second kappa shape index (κ2) is 3.77. The lowest BCUT2D eigenvalue weighted by atomic mass is 10.1. The van der Waals surface area contributed by atoms with Gasteiger partial charge in [-0.1, -0.05) is 17.7 Å². The molecule has 1 aromatic rings. The molecule has 0 aromatic heterocycles. The molecule has 0 radical (unpaired) electrons. The molecular formula is C9H10ClFN2. The minimum atomic E-state index is -0.557. The standard InChI is InChI=1S/C9H10ClFN2/c1-2-8(12)5-3-6(10)9(13)4-7(5)11/h2-4,8H,1,12-13H2. The van der Waals surface area contributed by atoms with Gasteiger partial charge in [-0.15, -0.1) is 6.58 Å². The van der Waals surface area contributed by atoms with E-state index in [0.717, 1.165) is 6.07 Å². The molecule has 4 heteroatoms. The van der Waals surface area contributed by atoms with Crippen LogP contribution in [0, 0.1) is 5.82 Å². The molecule has 0 saturated carbocycles. The highest BCUT2D eigenvalue weighted by Crippen LogP contribution is 2.25. The minimum Gasteiger partial charge on any atom is -0.397 e. The third-order valence-corrected chi connectivity index (χ3v) is 2.06. The van der Waals surface area contributed by atoms with E-state index in [4.69, 9.17) is 23.1 Å². The summed E-state index contributed by atoms with van der Waals surface area (Å²) in [6.45, 7) is 3.46. The smallest absolute Gasteiger partial charge is 0.130 e. The summed E-state index contributed by atoms with van der Waals surface area (Å²) in [4.78, 5) is 0. The molecule has 0 spiro atoms. The monoisotopic (exact) mass is 200 g/mol. The number of anilines is 1. The van der Waals surface area contributed by atoms with Crippen LogP contribution in [0.3, 0.4) is 0 Å². The first-order chi connectivity index (χ1) is 6.06. The average Bonchev–Trinajstić information content (AvgIpc) is 2.10. The summed E-state index contributed by atoms with van der Waals surface area (Å²) >= 11 is 5.71. The van der Waals surface area contributed by atoms with Crippen molar-refractivity contribution in [2.75, 3.05) is 5.73 Å². The third-order valence-electron chi connectivity index (χ3n) is 1.73. The van der Waals surface area contributed by atoms with Gasteiger partial charge in [0.2, 0.25) is 0 Å². The second-order valence-corrected chi connectivity index (χ2v) is 3.06. The molecule has 2 nitrogen and oxygen atoms in total. The Hall–Kier alpha value is -1.06. The third kappa shape index (κ3) is 1.99. The molecule has 0 aliphatic heterocycles. The first-order valence-corrected chi connectivity index (χ1v) is 4.06. The first-order valence-electron chi connectivity index (χ1n) is 3.68. The molecule has 1 rings (SSSR count). The van der Waals surface area contributed by atoms with E-state index >= 15 is 0 Å². The van der Waals surface area contributed by atoms with Crippen LogP contribution in [0.15, 0.2) is 24.8 Å². The van der Waals surface area contributed by atoms with E-state index in [2.05, 4.69) is 6.58 Å². The van der Waals surface area contributed by atoms with Crippen LogP contribution in [0.1, 0.15) is 11.6 Å². The van der Waals surface area contributed by atoms with E-state index < -0.39 is 11.9 Å². The Balaban J connectivity index is 3.22. The maximum atomic E-state index is 13.2. The summed E-state index contributed by atoms with van der Waals surface area (Å²) in [5.41, 5.74) is 11.5. The van der Waals surface area contributed by atoms with E-state index in [0.29, 0.717) is 10.6 Å². The number of nitrogens with two attached hydrogens (primary N) is 2. The highest BCUT2D eigenvalue weighted by Gasteiger charge is 2.10. The van der Waals surface area contributed by atoms with Gasteiger partial charge in [0.05, 0.1) is 16.8 Å². The van der Waals surface area contributed by atoms with Crippen molar-refractivity contribution in [3.63, 3.8) is 0 Å². The quantitative estimate of drug-likeness (QED) is 0.568. The largest absolute Gasteiger partial charge is 0.397 e. The van der Waals surface area contributed by atoms with Crippen molar-refractivity contribution in [2.24, 2.45) is 5.73 Å². The Bertz CT molecular complexity index is 339. The zero-order valence-corrected chi connectivity index (χ0v) is 7.68. The van der Waals surface area contributed by atoms with Crippen LogP contribution in [0.4, 0.5) is 10.1 Å². The summed E-state index contributed by atoms with van der Waals surface area (Å²) in [7, 11) is 0. The van der Waals surface area contributed by atoms with Crippen molar-refractivity contribution in [3.8, 4) is 0 Å². The van der Waals surface area contributed by atoms with Crippen molar-refractivity contribution < 1.29 is 4.39 Å². The van der Waals surface area contributed by atoms with Gasteiger partial charge in [0.25, 0.3) is 0 Å². The minimum absolute atomic E-state index is 0.208. The van der Waals surface area contributed by atoms with Gasteiger partial charge in [-0.2, -0.15) is 0 Å². The highest BCUT2D eigenvalue weighted by molar-refractivity contribution is 6.33. The molecule has 0 amide bonds. The Morgan fingerprint density at radius 1 is 1.54 bits per heavy atom. The van der Waals surface area contributed by atoms with Gasteiger partial charge in [-0.3, -0.25) is 0 Å². The van der Waals surface area contributed by atoms with E-state index in [9.17, 15) is 4.39 Å². The average molecular weight is 201 g/mol. The van der Waals surface area contributed by atoms with Gasteiger partial charge in [-0.25, -0.2) is 4.39 Å². The molecule has 0 fully saturated rings. The maximum Gasteiger partial charge on any atom is 0.130 e. The van der Waals surface area contributed by atoms with Crippen molar-refractivity contribution in [2.45, 2.75) is 6.04 Å². The predicted octanol–water partition coefficient (Wildman–Crippen LogP) is 2.25. The van der Waals surface area contributed by atoms with E-state index in [1.54, 1.807) is 0 Å². The van der Waals surface area contributed by atoms with Gasteiger partial charge in [0.15, 0.2) is 0 Å². The summed E-state index contributed by atoms with van der Waals surface area (Å²) in [5, 5.41) is 0.300.